The lowest BCUT2D eigenvalue weighted by atomic mass is 10.0. The summed E-state index contributed by atoms with van der Waals surface area (Å²) < 4.78 is 1.90. The molecule has 0 radical (unpaired) electrons. The molecule has 5 heteroatoms. The quantitative estimate of drug-likeness (QED) is 0.942. The number of nitrogens with zero attached hydrogens (tertiary/aromatic N) is 3. The topological polar surface area (TPSA) is 50.2 Å². The number of hydrogen-bond acceptors (Lipinski definition) is 2. The van der Waals surface area contributed by atoms with Gasteiger partial charge in [0.2, 0.25) is 0 Å². The molecule has 3 rings (SSSR count). The maximum Gasteiger partial charge on any atom is 0.317 e. The minimum Gasteiger partial charge on any atom is -0.338 e. The maximum absolute atomic E-state index is 12.4. The third kappa shape index (κ3) is 4.12. The van der Waals surface area contributed by atoms with Crippen LogP contribution in [0.2, 0.25) is 0 Å². The average Bonchev–Trinajstić information content (AvgIpc) is 2.97. The number of fused-ring (bicyclic) bond motifs is 1. The lowest BCUT2D eigenvalue weighted by molar-refractivity contribution is 0.198. The van der Waals surface area contributed by atoms with E-state index in [1.807, 2.05) is 21.8 Å². The summed E-state index contributed by atoms with van der Waals surface area (Å²) in [4.78, 5) is 14.3. The van der Waals surface area contributed by atoms with Crippen LogP contribution in [-0.2, 0) is 19.4 Å². The van der Waals surface area contributed by atoms with Crippen molar-refractivity contribution in [1.82, 2.24) is 20.0 Å². The van der Waals surface area contributed by atoms with E-state index in [2.05, 4.69) is 41.6 Å². The van der Waals surface area contributed by atoms with Gasteiger partial charge in [-0.15, -0.1) is 0 Å². The predicted octanol–water partition coefficient (Wildman–Crippen LogP) is 2.33. The van der Waals surface area contributed by atoms with E-state index in [-0.39, 0.29) is 6.03 Å². The van der Waals surface area contributed by atoms with Gasteiger partial charge in [-0.1, -0.05) is 31.2 Å². The van der Waals surface area contributed by atoms with Crippen molar-refractivity contribution in [3.63, 3.8) is 0 Å². The Morgan fingerprint density at radius 2 is 1.91 bits per heavy atom. The smallest absolute Gasteiger partial charge is 0.317 e. The minimum absolute atomic E-state index is 0.0464. The SMILES string of the molecule is C[C@H](CNC(=O)N1CCc2ccccc2CC1)Cn1cccn1. The van der Waals surface area contributed by atoms with Crippen LogP contribution in [0.1, 0.15) is 18.1 Å². The first-order chi connectivity index (χ1) is 11.2. The largest absolute Gasteiger partial charge is 0.338 e. The number of aromatic nitrogens is 2. The van der Waals surface area contributed by atoms with E-state index in [1.54, 1.807) is 6.20 Å². The van der Waals surface area contributed by atoms with E-state index < -0.39 is 0 Å². The Morgan fingerprint density at radius 1 is 1.22 bits per heavy atom. The van der Waals surface area contributed by atoms with Crippen LogP contribution in [0.4, 0.5) is 4.79 Å². The Kier molecular flexibility index (Phi) is 4.95. The molecule has 0 saturated carbocycles. The Hall–Kier alpha value is -2.30. The van der Waals surface area contributed by atoms with Gasteiger partial charge in [-0.2, -0.15) is 5.10 Å². The molecule has 0 spiro atoms. The van der Waals surface area contributed by atoms with Crippen molar-refractivity contribution in [3.05, 3.63) is 53.9 Å². The molecule has 1 aliphatic rings. The second-order valence-electron chi connectivity index (χ2n) is 6.28. The van der Waals surface area contributed by atoms with Crippen LogP contribution < -0.4 is 5.32 Å². The molecule has 0 fully saturated rings. The van der Waals surface area contributed by atoms with Gasteiger partial charge in [0.15, 0.2) is 0 Å². The highest BCUT2D eigenvalue weighted by Gasteiger charge is 2.18. The molecule has 2 heterocycles. The summed E-state index contributed by atoms with van der Waals surface area (Å²) in [7, 11) is 0. The van der Waals surface area contributed by atoms with Crippen molar-refractivity contribution in [3.8, 4) is 0 Å². The average molecular weight is 312 g/mol. The molecule has 0 saturated heterocycles. The predicted molar refractivity (Wildman–Crippen MR) is 90.2 cm³/mol. The van der Waals surface area contributed by atoms with Crippen molar-refractivity contribution in [2.75, 3.05) is 19.6 Å². The molecular formula is C18H24N4O. The van der Waals surface area contributed by atoms with E-state index in [4.69, 9.17) is 0 Å². The minimum atomic E-state index is 0.0464. The Bertz CT molecular complexity index is 611. The first-order valence-electron chi connectivity index (χ1n) is 8.29. The molecule has 2 aromatic rings. The number of benzene rings is 1. The number of hydrogen-bond donors (Lipinski definition) is 1. The van der Waals surface area contributed by atoms with Crippen molar-refractivity contribution >= 4 is 6.03 Å². The molecule has 1 atom stereocenters. The zero-order chi connectivity index (χ0) is 16.1. The molecule has 23 heavy (non-hydrogen) atoms. The summed E-state index contributed by atoms with van der Waals surface area (Å²) in [6, 6.07) is 10.5. The first kappa shape index (κ1) is 15.6. The molecule has 122 valence electrons. The van der Waals surface area contributed by atoms with Crippen molar-refractivity contribution in [2.45, 2.75) is 26.3 Å². The molecular weight excluding hydrogens is 288 g/mol. The molecule has 1 aromatic carbocycles. The number of carbonyl (C=O) groups is 1. The highest BCUT2D eigenvalue weighted by Crippen LogP contribution is 2.15. The Balaban J connectivity index is 1.47. The van der Waals surface area contributed by atoms with E-state index in [1.165, 1.54) is 11.1 Å². The summed E-state index contributed by atoms with van der Waals surface area (Å²) in [6.07, 6.45) is 5.60. The zero-order valence-electron chi connectivity index (χ0n) is 13.6. The second-order valence-corrected chi connectivity index (χ2v) is 6.28. The molecule has 1 aliphatic heterocycles. The molecule has 0 bridgehead atoms. The molecule has 2 amide bonds. The van der Waals surface area contributed by atoms with Crippen LogP contribution in [0.25, 0.3) is 0 Å². The van der Waals surface area contributed by atoms with E-state index >= 15 is 0 Å². The number of nitrogens with one attached hydrogen (secondary N) is 1. The summed E-state index contributed by atoms with van der Waals surface area (Å²) in [5.41, 5.74) is 2.74. The number of carbonyl (C=O) groups excluding carboxylic acids is 1. The van der Waals surface area contributed by atoms with E-state index in [0.717, 1.165) is 32.5 Å². The number of amides is 2. The van der Waals surface area contributed by atoms with Gasteiger partial charge in [-0.25, -0.2) is 4.79 Å². The number of rotatable bonds is 4. The van der Waals surface area contributed by atoms with Crippen molar-refractivity contribution in [2.24, 2.45) is 5.92 Å². The van der Waals surface area contributed by atoms with Gasteiger partial charge in [0, 0.05) is 38.6 Å². The summed E-state index contributed by atoms with van der Waals surface area (Å²) in [5.74, 6) is 0.350. The van der Waals surface area contributed by atoms with Gasteiger partial charge in [-0.05, 0) is 36.0 Å². The van der Waals surface area contributed by atoms with Crippen LogP contribution in [0, 0.1) is 5.92 Å². The van der Waals surface area contributed by atoms with Crippen molar-refractivity contribution < 1.29 is 4.79 Å². The first-order valence-corrected chi connectivity index (χ1v) is 8.29. The lowest BCUT2D eigenvalue weighted by Crippen LogP contribution is -2.43. The Morgan fingerprint density at radius 3 is 2.52 bits per heavy atom. The summed E-state index contributed by atoms with van der Waals surface area (Å²) in [5, 5.41) is 7.27. The fourth-order valence-corrected chi connectivity index (χ4v) is 3.04. The van der Waals surface area contributed by atoms with Crippen LogP contribution in [0.5, 0.6) is 0 Å². The van der Waals surface area contributed by atoms with Crippen LogP contribution in [0.3, 0.4) is 0 Å². The monoisotopic (exact) mass is 312 g/mol. The van der Waals surface area contributed by atoms with Crippen LogP contribution in [0.15, 0.2) is 42.7 Å². The highest BCUT2D eigenvalue weighted by molar-refractivity contribution is 5.74. The molecule has 1 N–H and O–H groups in total. The van der Waals surface area contributed by atoms with Gasteiger partial charge in [0.05, 0.1) is 0 Å². The van der Waals surface area contributed by atoms with Gasteiger partial charge in [-0.3, -0.25) is 4.68 Å². The fourth-order valence-electron chi connectivity index (χ4n) is 3.04. The van der Waals surface area contributed by atoms with Crippen molar-refractivity contribution in [1.29, 1.82) is 0 Å². The number of urea groups is 1. The Labute approximate surface area is 137 Å². The lowest BCUT2D eigenvalue weighted by Gasteiger charge is -2.22. The van der Waals surface area contributed by atoms with Gasteiger partial charge in [0.1, 0.15) is 0 Å². The summed E-state index contributed by atoms with van der Waals surface area (Å²) in [6.45, 7) is 5.19. The van der Waals surface area contributed by atoms with Gasteiger partial charge in [0.25, 0.3) is 0 Å². The van der Waals surface area contributed by atoms with Gasteiger partial charge < -0.3 is 10.2 Å². The zero-order valence-corrected chi connectivity index (χ0v) is 13.6. The van der Waals surface area contributed by atoms with Crippen LogP contribution in [-0.4, -0.2) is 40.3 Å². The molecule has 5 nitrogen and oxygen atoms in total. The third-order valence-corrected chi connectivity index (χ3v) is 4.37. The van der Waals surface area contributed by atoms with Gasteiger partial charge >= 0.3 is 6.03 Å². The van der Waals surface area contributed by atoms with E-state index in [0.29, 0.717) is 12.5 Å². The highest BCUT2D eigenvalue weighted by atomic mass is 16.2. The fraction of sp³-hybridized carbons (Fsp3) is 0.444. The maximum atomic E-state index is 12.4. The normalized spacial score (nSPS) is 15.6. The summed E-state index contributed by atoms with van der Waals surface area (Å²) >= 11 is 0. The molecule has 0 unspecified atom stereocenters. The standard InChI is InChI=1S/C18H24N4O/c1-15(14-22-10-4-9-20-22)13-19-18(23)21-11-7-16-5-2-3-6-17(16)8-12-21/h2-6,9-10,15H,7-8,11-14H2,1H3,(H,19,23)/t15-/m1/s1. The molecule has 1 aromatic heterocycles. The second kappa shape index (κ2) is 7.31. The van der Waals surface area contributed by atoms with E-state index in [9.17, 15) is 4.79 Å². The van der Waals surface area contributed by atoms with Crippen LogP contribution >= 0.6 is 0 Å². The third-order valence-electron chi connectivity index (χ3n) is 4.37. The molecule has 0 aliphatic carbocycles.